The largest absolute Gasteiger partial charge is 0.573 e. The van der Waals surface area contributed by atoms with Crippen molar-refractivity contribution in [1.29, 1.82) is 0 Å². The fraction of sp³-hybridized carbons (Fsp3) is 0.391. The van der Waals surface area contributed by atoms with Gasteiger partial charge in [0.15, 0.2) is 11.6 Å². The fourth-order valence-electron chi connectivity index (χ4n) is 4.47. The van der Waals surface area contributed by atoms with E-state index in [0.717, 1.165) is 12.1 Å². The number of aromatic nitrogens is 4. The summed E-state index contributed by atoms with van der Waals surface area (Å²) in [6.45, 7) is -0.330. The molecule has 0 unspecified atom stereocenters. The Morgan fingerprint density at radius 1 is 1.23 bits per heavy atom. The van der Waals surface area contributed by atoms with Crippen LogP contribution in [0.4, 0.5) is 17.6 Å². The molecule has 3 atom stereocenters. The number of alkyl halides is 3. The van der Waals surface area contributed by atoms with Gasteiger partial charge < -0.3 is 9.84 Å². The minimum Gasteiger partial charge on any atom is -0.403 e. The molecule has 2 heterocycles. The van der Waals surface area contributed by atoms with Crippen LogP contribution in [0.15, 0.2) is 43.0 Å². The lowest BCUT2D eigenvalue weighted by Gasteiger charge is -2.13. The lowest BCUT2D eigenvalue weighted by Crippen LogP contribution is -2.24. The molecule has 4 rings (SSSR count). The van der Waals surface area contributed by atoms with Gasteiger partial charge in [0.05, 0.1) is 30.5 Å². The molecule has 0 aliphatic heterocycles. The van der Waals surface area contributed by atoms with Gasteiger partial charge in [-0.2, -0.15) is 13.5 Å². The summed E-state index contributed by atoms with van der Waals surface area (Å²) in [6, 6.07) is 4.41. The number of hydrogen-bond donors (Lipinski definition) is 2. The van der Waals surface area contributed by atoms with Crippen LogP contribution in [0.2, 0.25) is 0 Å². The third kappa shape index (κ3) is 7.78. The number of ketones is 1. The Morgan fingerprint density at radius 2 is 2.00 bits per heavy atom. The third-order valence-corrected chi connectivity index (χ3v) is 6.63. The first-order valence-corrected chi connectivity index (χ1v) is 13.0. The van der Waals surface area contributed by atoms with Crippen molar-refractivity contribution in [3.05, 3.63) is 71.3 Å². The number of carbonyl (C=O) groups excluding carboxylic acids is 1. The van der Waals surface area contributed by atoms with Gasteiger partial charge in [0.25, 0.3) is 0 Å². The number of aliphatic hydroxyl groups excluding tert-OH is 1. The fourth-order valence-corrected chi connectivity index (χ4v) is 4.83. The van der Waals surface area contributed by atoms with E-state index >= 15 is 0 Å². The van der Waals surface area contributed by atoms with Crippen molar-refractivity contribution in [2.45, 2.75) is 38.3 Å². The maximum atomic E-state index is 13.7. The number of ether oxygens (including phenoxy) is 1. The Balaban J connectivity index is 1.44. The average Bonchev–Trinajstić information content (AvgIpc) is 3.44. The highest BCUT2D eigenvalue weighted by Crippen LogP contribution is 2.34. The van der Waals surface area contributed by atoms with E-state index in [1.54, 1.807) is 0 Å². The predicted octanol–water partition coefficient (Wildman–Crippen LogP) is 2.14. The Kier molecular flexibility index (Phi) is 8.29. The number of aliphatic hydroxyl groups is 1. The predicted molar refractivity (Wildman–Crippen MR) is 125 cm³/mol. The van der Waals surface area contributed by atoms with Gasteiger partial charge in [0.2, 0.25) is 5.78 Å². The molecule has 39 heavy (non-hydrogen) atoms. The third-order valence-electron chi connectivity index (χ3n) is 6.16. The van der Waals surface area contributed by atoms with Crippen LogP contribution >= 0.6 is 0 Å². The molecule has 1 aliphatic carbocycles. The van der Waals surface area contributed by atoms with Crippen LogP contribution in [0.1, 0.15) is 40.2 Å². The lowest BCUT2D eigenvalue weighted by atomic mass is 9.96. The summed E-state index contributed by atoms with van der Waals surface area (Å²) in [7, 11) is -4.14. The highest BCUT2D eigenvalue weighted by molar-refractivity contribution is 7.84. The normalized spacial score (nSPS) is 19.8. The van der Waals surface area contributed by atoms with Gasteiger partial charge in [0.1, 0.15) is 12.0 Å². The highest BCUT2D eigenvalue weighted by atomic mass is 32.2. The minimum absolute atomic E-state index is 0.0193. The zero-order chi connectivity index (χ0) is 28.4. The summed E-state index contributed by atoms with van der Waals surface area (Å²) < 4.78 is 82.9. The second kappa shape index (κ2) is 11.3. The minimum atomic E-state index is -5.06. The van der Waals surface area contributed by atoms with Crippen molar-refractivity contribution in [3.8, 4) is 5.75 Å². The molecule has 0 radical (unpaired) electrons. The second-order valence-corrected chi connectivity index (χ2v) is 10.3. The summed E-state index contributed by atoms with van der Waals surface area (Å²) in [4.78, 5) is 21.3. The molecule has 0 spiro atoms. The zero-order valence-corrected chi connectivity index (χ0v) is 20.9. The Hall–Kier alpha value is -3.47. The van der Waals surface area contributed by atoms with Crippen molar-refractivity contribution in [3.63, 3.8) is 0 Å². The van der Waals surface area contributed by atoms with Crippen LogP contribution < -0.4 is 9.88 Å². The maximum Gasteiger partial charge on any atom is 0.573 e. The molecule has 1 fully saturated rings. The van der Waals surface area contributed by atoms with Gasteiger partial charge in [-0.3, -0.25) is 13.7 Å². The molecular formula is C23H23F4N5O6S. The van der Waals surface area contributed by atoms with Crippen LogP contribution in [0.5, 0.6) is 5.75 Å². The van der Waals surface area contributed by atoms with Crippen LogP contribution in [0, 0.1) is 17.7 Å². The SMILES string of the molecule is NS(=O)(=O)OC[C@H]1C[C@@H](Cc2ncncc2C(=O)c2ccn(Cc3ccc(F)c(OC(F)(F)F)c3)n2)C[C@@H]1O. The molecule has 1 saturated carbocycles. The maximum absolute atomic E-state index is 13.7. The van der Waals surface area contributed by atoms with E-state index in [4.69, 9.17) is 5.14 Å². The van der Waals surface area contributed by atoms with Crippen molar-refractivity contribution in [2.75, 3.05) is 6.61 Å². The zero-order valence-electron chi connectivity index (χ0n) is 20.1. The van der Waals surface area contributed by atoms with Gasteiger partial charge in [-0.1, -0.05) is 6.07 Å². The van der Waals surface area contributed by atoms with E-state index in [1.165, 1.54) is 35.5 Å². The molecule has 1 aliphatic rings. The second-order valence-electron chi connectivity index (χ2n) is 9.07. The molecule has 11 nitrogen and oxygen atoms in total. The first-order chi connectivity index (χ1) is 18.3. The quantitative estimate of drug-likeness (QED) is 0.274. The summed E-state index contributed by atoms with van der Waals surface area (Å²) in [5.74, 6) is -3.25. The number of halogens is 4. The van der Waals surface area contributed by atoms with Crippen molar-refractivity contribution >= 4 is 16.1 Å². The molecule has 0 saturated heterocycles. The summed E-state index contributed by atoms with van der Waals surface area (Å²) in [6.07, 6.45) is -0.787. The number of nitrogens with zero attached hydrogens (tertiary/aromatic N) is 4. The molecule has 2 aromatic heterocycles. The smallest absolute Gasteiger partial charge is 0.403 e. The molecule has 16 heteroatoms. The van der Waals surface area contributed by atoms with E-state index < -0.39 is 46.0 Å². The van der Waals surface area contributed by atoms with Crippen LogP contribution in [-0.4, -0.2) is 58.1 Å². The summed E-state index contributed by atoms with van der Waals surface area (Å²) >= 11 is 0. The van der Waals surface area contributed by atoms with E-state index in [-0.39, 0.29) is 35.9 Å². The van der Waals surface area contributed by atoms with Gasteiger partial charge in [-0.15, -0.1) is 13.2 Å². The summed E-state index contributed by atoms with van der Waals surface area (Å²) in [5, 5.41) is 19.3. The molecular weight excluding hydrogens is 550 g/mol. The van der Waals surface area contributed by atoms with Crippen LogP contribution in [0.3, 0.4) is 0 Å². The van der Waals surface area contributed by atoms with Crippen LogP contribution in [0.25, 0.3) is 0 Å². The van der Waals surface area contributed by atoms with Crippen LogP contribution in [-0.2, 0) is 27.5 Å². The molecule has 0 bridgehead atoms. The van der Waals surface area contributed by atoms with Gasteiger partial charge in [0, 0.05) is 18.3 Å². The Bertz CT molecular complexity index is 1450. The topological polar surface area (TPSA) is 160 Å². The van der Waals surface area contributed by atoms with E-state index in [9.17, 15) is 35.9 Å². The van der Waals surface area contributed by atoms with Crippen molar-refractivity contribution in [1.82, 2.24) is 19.7 Å². The monoisotopic (exact) mass is 573 g/mol. The Morgan fingerprint density at radius 3 is 2.72 bits per heavy atom. The van der Waals surface area contributed by atoms with Crippen molar-refractivity contribution in [2.24, 2.45) is 17.0 Å². The number of hydrogen-bond acceptors (Lipinski definition) is 9. The van der Waals surface area contributed by atoms with Gasteiger partial charge in [-0.05, 0) is 48.9 Å². The standard InChI is InChI=1S/C23H23F4N5O6S/c24-17-2-1-13(8-21(17)38-23(25,26)27)10-32-4-3-18(31-32)22(34)16-9-29-12-30-19(16)6-14-5-15(20(33)7-14)11-37-39(28,35)36/h1-4,8-9,12,14-15,20,33H,5-7,10-11H2,(H2,28,35,36)/t14-,15+,20-/m0/s1. The lowest BCUT2D eigenvalue weighted by molar-refractivity contribution is -0.275. The molecule has 3 aromatic rings. The van der Waals surface area contributed by atoms with Crippen molar-refractivity contribution < 1.29 is 44.8 Å². The van der Waals surface area contributed by atoms with E-state index in [0.29, 0.717) is 25.0 Å². The molecule has 3 N–H and O–H groups in total. The van der Waals surface area contributed by atoms with E-state index in [1.807, 2.05) is 0 Å². The highest BCUT2D eigenvalue weighted by Gasteiger charge is 2.35. The Labute approximate surface area is 219 Å². The molecule has 1 aromatic carbocycles. The number of rotatable bonds is 10. The molecule has 210 valence electrons. The average molecular weight is 574 g/mol. The number of carbonyl (C=O) groups is 1. The summed E-state index contributed by atoms with van der Waals surface area (Å²) in [5.41, 5.74) is 0.847. The first-order valence-electron chi connectivity index (χ1n) is 11.5. The van der Waals surface area contributed by atoms with Gasteiger partial charge in [-0.25, -0.2) is 19.5 Å². The number of benzene rings is 1. The number of nitrogens with two attached hydrogens (primary N) is 1. The molecule has 0 amide bonds. The van der Waals surface area contributed by atoms with E-state index in [2.05, 4.69) is 24.0 Å². The first kappa shape index (κ1) is 28.5. The van der Waals surface area contributed by atoms with Gasteiger partial charge >= 0.3 is 16.7 Å².